The molecule has 1 atom stereocenters. The first-order valence-corrected chi connectivity index (χ1v) is 4.86. The van der Waals surface area contributed by atoms with Gasteiger partial charge < -0.3 is 15.5 Å². The minimum Gasteiger partial charge on any atom is -0.465 e. The van der Waals surface area contributed by atoms with Gasteiger partial charge in [-0.1, -0.05) is 12.1 Å². The van der Waals surface area contributed by atoms with Crippen LogP contribution < -0.4 is 5.32 Å². The van der Waals surface area contributed by atoms with Crippen molar-refractivity contribution in [3.8, 4) is 0 Å². The molecule has 0 bridgehead atoms. The summed E-state index contributed by atoms with van der Waals surface area (Å²) in [4.78, 5) is 20.4. The Morgan fingerprint density at radius 3 is 2.76 bits per heavy atom. The summed E-state index contributed by atoms with van der Waals surface area (Å²) in [7, 11) is 0. The van der Waals surface area contributed by atoms with E-state index in [1.54, 1.807) is 6.07 Å². The van der Waals surface area contributed by atoms with E-state index in [2.05, 4.69) is 5.32 Å². The van der Waals surface area contributed by atoms with Crippen LogP contribution in [-0.4, -0.2) is 33.9 Å². The zero-order chi connectivity index (χ0) is 12.8. The molecule has 0 spiro atoms. The number of rotatable bonds is 5. The Hall–Kier alpha value is -2.15. The van der Waals surface area contributed by atoms with Crippen molar-refractivity contribution in [2.75, 3.05) is 6.61 Å². The zero-order valence-corrected chi connectivity index (χ0v) is 8.87. The third kappa shape index (κ3) is 4.07. The molecule has 3 N–H and O–H groups in total. The van der Waals surface area contributed by atoms with Gasteiger partial charge in [0.15, 0.2) is 0 Å². The summed E-state index contributed by atoms with van der Waals surface area (Å²) in [5.74, 6) is 0. The average Bonchev–Trinajstić information content (AvgIpc) is 2.28. The van der Waals surface area contributed by atoms with Gasteiger partial charge in [0, 0.05) is 12.1 Å². The third-order valence-electron chi connectivity index (χ3n) is 2.15. The molecule has 1 amide bonds. The molecular weight excluding hydrogens is 228 g/mol. The molecule has 0 aromatic heterocycles. The Bertz CT molecular complexity index is 421. The van der Waals surface area contributed by atoms with E-state index in [0.717, 1.165) is 0 Å². The van der Waals surface area contributed by atoms with Crippen molar-refractivity contribution in [2.24, 2.45) is 0 Å². The van der Waals surface area contributed by atoms with Gasteiger partial charge in [0.2, 0.25) is 0 Å². The molecule has 0 aliphatic rings. The van der Waals surface area contributed by atoms with E-state index in [9.17, 15) is 14.9 Å². The van der Waals surface area contributed by atoms with Crippen LogP contribution in [0.4, 0.5) is 10.5 Å². The molecule has 0 unspecified atom stereocenters. The lowest BCUT2D eigenvalue weighted by Gasteiger charge is -2.13. The Labute approximate surface area is 96.8 Å². The van der Waals surface area contributed by atoms with Crippen molar-refractivity contribution < 1.29 is 19.9 Å². The van der Waals surface area contributed by atoms with Gasteiger partial charge in [0.1, 0.15) is 0 Å². The van der Waals surface area contributed by atoms with E-state index in [1.165, 1.54) is 18.2 Å². The van der Waals surface area contributed by atoms with E-state index in [1.807, 2.05) is 0 Å². The van der Waals surface area contributed by atoms with Crippen molar-refractivity contribution in [3.05, 3.63) is 39.9 Å². The molecule has 7 heteroatoms. The number of hydrogen-bond donors (Lipinski definition) is 3. The number of aliphatic hydroxyl groups excluding tert-OH is 1. The Kier molecular flexibility index (Phi) is 4.41. The number of amides is 1. The predicted molar refractivity (Wildman–Crippen MR) is 58.8 cm³/mol. The Balaban J connectivity index is 2.75. The molecule has 0 heterocycles. The van der Waals surface area contributed by atoms with Gasteiger partial charge in [-0.25, -0.2) is 4.79 Å². The maximum absolute atomic E-state index is 10.5. The van der Waals surface area contributed by atoms with Gasteiger partial charge in [-0.15, -0.1) is 0 Å². The van der Waals surface area contributed by atoms with Gasteiger partial charge in [0.05, 0.1) is 17.6 Å². The summed E-state index contributed by atoms with van der Waals surface area (Å²) in [5.41, 5.74) is 0.529. The first-order valence-electron chi connectivity index (χ1n) is 4.86. The van der Waals surface area contributed by atoms with Gasteiger partial charge in [-0.05, 0) is 12.0 Å². The number of nitrogens with zero attached hydrogens (tertiary/aromatic N) is 1. The Morgan fingerprint density at radius 2 is 2.24 bits per heavy atom. The summed E-state index contributed by atoms with van der Waals surface area (Å²) >= 11 is 0. The van der Waals surface area contributed by atoms with Gasteiger partial charge >= 0.3 is 6.09 Å². The van der Waals surface area contributed by atoms with Crippen LogP contribution >= 0.6 is 0 Å². The number of nitrogens with one attached hydrogen (secondary N) is 1. The second-order valence-corrected chi connectivity index (χ2v) is 3.46. The number of aliphatic hydroxyl groups is 1. The second kappa shape index (κ2) is 5.80. The van der Waals surface area contributed by atoms with Crippen molar-refractivity contribution >= 4 is 11.8 Å². The molecule has 0 saturated heterocycles. The second-order valence-electron chi connectivity index (χ2n) is 3.46. The first-order chi connectivity index (χ1) is 8.02. The quantitative estimate of drug-likeness (QED) is 0.519. The summed E-state index contributed by atoms with van der Waals surface area (Å²) in [6.07, 6.45) is -1.04. The number of nitro groups is 1. The monoisotopic (exact) mass is 240 g/mol. The highest BCUT2D eigenvalue weighted by molar-refractivity contribution is 5.64. The SMILES string of the molecule is O=C(O)N[C@H](CO)Cc1cccc([N+](=O)[O-])c1. The minimum atomic E-state index is -1.24. The van der Waals surface area contributed by atoms with Crippen LogP contribution in [0.1, 0.15) is 5.56 Å². The number of benzene rings is 1. The molecule has 0 saturated carbocycles. The van der Waals surface area contributed by atoms with Crippen LogP contribution in [0, 0.1) is 10.1 Å². The Morgan fingerprint density at radius 1 is 1.53 bits per heavy atom. The topological polar surface area (TPSA) is 113 Å². The fraction of sp³-hybridized carbons (Fsp3) is 0.300. The summed E-state index contributed by atoms with van der Waals surface area (Å²) < 4.78 is 0. The third-order valence-corrected chi connectivity index (χ3v) is 2.15. The number of carboxylic acid groups (broad SMARTS) is 1. The molecule has 1 rings (SSSR count). The van der Waals surface area contributed by atoms with Crippen LogP contribution in [0.25, 0.3) is 0 Å². The molecule has 7 nitrogen and oxygen atoms in total. The van der Waals surface area contributed by atoms with Crippen molar-refractivity contribution in [2.45, 2.75) is 12.5 Å². The largest absolute Gasteiger partial charge is 0.465 e. The zero-order valence-electron chi connectivity index (χ0n) is 8.87. The van der Waals surface area contributed by atoms with Crippen molar-refractivity contribution in [1.29, 1.82) is 0 Å². The highest BCUT2D eigenvalue weighted by Crippen LogP contribution is 2.14. The molecule has 0 aliphatic heterocycles. The lowest BCUT2D eigenvalue weighted by molar-refractivity contribution is -0.384. The van der Waals surface area contributed by atoms with Crippen LogP contribution in [0.2, 0.25) is 0 Å². The highest BCUT2D eigenvalue weighted by atomic mass is 16.6. The lowest BCUT2D eigenvalue weighted by Crippen LogP contribution is -2.38. The summed E-state index contributed by atoms with van der Waals surface area (Å²) in [5, 5.41) is 30.1. The fourth-order valence-corrected chi connectivity index (χ4v) is 1.42. The molecular formula is C10H12N2O5. The van der Waals surface area contributed by atoms with Crippen LogP contribution in [0.3, 0.4) is 0 Å². The van der Waals surface area contributed by atoms with E-state index in [0.29, 0.717) is 5.56 Å². The molecule has 0 fully saturated rings. The van der Waals surface area contributed by atoms with Crippen LogP contribution in [-0.2, 0) is 6.42 Å². The minimum absolute atomic E-state index is 0.0606. The average molecular weight is 240 g/mol. The van der Waals surface area contributed by atoms with Crippen molar-refractivity contribution in [1.82, 2.24) is 5.32 Å². The number of non-ortho nitro benzene ring substituents is 1. The molecule has 0 radical (unpaired) electrons. The van der Waals surface area contributed by atoms with E-state index in [4.69, 9.17) is 10.2 Å². The standard InChI is InChI=1S/C10H12N2O5/c13-6-8(11-10(14)15)4-7-2-1-3-9(5-7)12(16)17/h1-3,5,8,11,13H,4,6H2,(H,14,15)/t8-/m0/s1. The van der Waals surface area contributed by atoms with Gasteiger partial charge in [-0.2, -0.15) is 0 Å². The lowest BCUT2D eigenvalue weighted by atomic mass is 10.1. The molecule has 0 aliphatic carbocycles. The van der Waals surface area contributed by atoms with Gasteiger partial charge in [0.25, 0.3) is 5.69 Å². The number of hydrogen-bond acceptors (Lipinski definition) is 4. The molecule has 92 valence electrons. The molecule has 1 aromatic carbocycles. The number of carbonyl (C=O) groups is 1. The maximum Gasteiger partial charge on any atom is 0.404 e. The van der Waals surface area contributed by atoms with Crippen molar-refractivity contribution in [3.63, 3.8) is 0 Å². The van der Waals surface area contributed by atoms with Crippen LogP contribution in [0.5, 0.6) is 0 Å². The molecule has 17 heavy (non-hydrogen) atoms. The number of nitro benzene ring substituents is 1. The molecule has 1 aromatic rings. The first kappa shape index (κ1) is 12.9. The smallest absolute Gasteiger partial charge is 0.404 e. The maximum atomic E-state index is 10.5. The van der Waals surface area contributed by atoms with Crippen LogP contribution in [0.15, 0.2) is 24.3 Å². The summed E-state index contributed by atoms with van der Waals surface area (Å²) in [6.45, 7) is -0.366. The van der Waals surface area contributed by atoms with E-state index < -0.39 is 17.1 Å². The summed E-state index contributed by atoms with van der Waals surface area (Å²) in [6, 6.07) is 5.19. The fourth-order valence-electron chi connectivity index (χ4n) is 1.42. The van der Waals surface area contributed by atoms with E-state index >= 15 is 0 Å². The normalized spacial score (nSPS) is 11.8. The van der Waals surface area contributed by atoms with E-state index in [-0.39, 0.29) is 18.7 Å². The predicted octanol–water partition coefficient (Wildman–Crippen LogP) is 0.766. The highest BCUT2D eigenvalue weighted by Gasteiger charge is 2.13. The van der Waals surface area contributed by atoms with Gasteiger partial charge in [-0.3, -0.25) is 10.1 Å².